The van der Waals surface area contributed by atoms with Crippen molar-refractivity contribution in [1.29, 1.82) is 0 Å². The smallest absolute Gasteiger partial charge is 0.120 e. The lowest BCUT2D eigenvalue weighted by atomic mass is 9.99. The number of hydrogen-bond donors (Lipinski definition) is 1. The third kappa shape index (κ3) is 3.31. The van der Waals surface area contributed by atoms with Gasteiger partial charge in [-0.05, 0) is 41.5 Å². The Morgan fingerprint density at radius 2 is 1.84 bits per heavy atom. The van der Waals surface area contributed by atoms with Crippen molar-refractivity contribution in [3.63, 3.8) is 0 Å². The van der Waals surface area contributed by atoms with E-state index in [1.165, 1.54) is 0 Å². The molecule has 2 aromatic carbocycles. The zero-order chi connectivity index (χ0) is 14.0. The molecule has 0 aliphatic carbocycles. The Morgan fingerprint density at radius 3 is 2.47 bits per heavy atom. The quantitative estimate of drug-likeness (QED) is 0.787. The Balaban J connectivity index is 2.43. The Labute approximate surface area is 134 Å². The van der Waals surface area contributed by atoms with Crippen molar-refractivity contribution >= 4 is 43.5 Å². The van der Waals surface area contributed by atoms with Crippen molar-refractivity contribution in [2.75, 3.05) is 7.11 Å². The fraction of sp³-hybridized carbons (Fsp3) is 0.143. The molecule has 1 unspecified atom stereocenters. The van der Waals surface area contributed by atoms with Crippen molar-refractivity contribution in [2.45, 2.75) is 6.04 Å². The van der Waals surface area contributed by atoms with Gasteiger partial charge >= 0.3 is 0 Å². The van der Waals surface area contributed by atoms with Gasteiger partial charge in [0.25, 0.3) is 0 Å². The van der Waals surface area contributed by atoms with Gasteiger partial charge in [0.2, 0.25) is 0 Å². The van der Waals surface area contributed by atoms with Crippen molar-refractivity contribution in [3.05, 3.63) is 61.5 Å². The maximum absolute atomic E-state index is 6.30. The number of halogens is 3. The summed E-state index contributed by atoms with van der Waals surface area (Å²) < 4.78 is 7.02. The summed E-state index contributed by atoms with van der Waals surface area (Å²) in [7, 11) is 1.63. The van der Waals surface area contributed by atoms with Crippen LogP contribution in [-0.4, -0.2) is 7.11 Å². The molecule has 0 fully saturated rings. The Morgan fingerprint density at radius 1 is 1.11 bits per heavy atom. The van der Waals surface area contributed by atoms with E-state index in [2.05, 4.69) is 31.9 Å². The van der Waals surface area contributed by atoms with Gasteiger partial charge in [0.05, 0.1) is 13.2 Å². The molecule has 19 heavy (non-hydrogen) atoms. The zero-order valence-corrected chi connectivity index (χ0v) is 14.1. The molecule has 0 aliphatic heterocycles. The molecule has 1 atom stereocenters. The molecular weight excluding hydrogens is 393 g/mol. The standard InChI is InChI=1S/C14H12Br2ClNO/c1-19-9-3-4-10(12(16)7-9)14(18)11-6-8(15)2-5-13(11)17/h2-7,14H,18H2,1H3. The normalized spacial score (nSPS) is 12.3. The SMILES string of the molecule is COc1ccc(C(N)c2cc(Br)ccc2Cl)c(Br)c1. The van der Waals surface area contributed by atoms with Gasteiger partial charge in [-0.2, -0.15) is 0 Å². The first-order valence-corrected chi connectivity index (χ1v) is 7.53. The summed E-state index contributed by atoms with van der Waals surface area (Å²) in [6.07, 6.45) is 0. The van der Waals surface area contributed by atoms with E-state index in [9.17, 15) is 0 Å². The van der Waals surface area contributed by atoms with Gasteiger partial charge in [-0.15, -0.1) is 0 Å². The predicted molar refractivity (Wildman–Crippen MR) is 85.9 cm³/mol. The van der Waals surface area contributed by atoms with Gasteiger partial charge in [0.1, 0.15) is 5.75 Å². The minimum Gasteiger partial charge on any atom is -0.497 e. The molecule has 0 aliphatic rings. The second-order valence-electron chi connectivity index (χ2n) is 4.03. The monoisotopic (exact) mass is 403 g/mol. The molecule has 5 heteroatoms. The third-order valence-electron chi connectivity index (χ3n) is 2.84. The predicted octanol–water partition coefficient (Wildman–Crippen LogP) is 4.92. The molecule has 0 aromatic heterocycles. The average Bonchev–Trinajstić information content (AvgIpc) is 2.40. The van der Waals surface area contributed by atoms with Crippen LogP contribution in [0.4, 0.5) is 0 Å². The van der Waals surface area contributed by atoms with Crippen LogP contribution < -0.4 is 10.5 Å². The van der Waals surface area contributed by atoms with Crippen molar-refractivity contribution in [1.82, 2.24) is 0 Å². The molecule has 100 valence electrons. The highest BCUT2D eigenvalue weighted by Gasteiger charge is 2.16. The molecule has 0 saturated carbocycles. The zero-order valence-electron chi connectivity index (χ0n) is 10.2. The van der Waals surface area contributed by atoms with E-state index in [0.717, 1.165) is 25.8 Å². The minimum absolute atomic E-state index is 0.301. The van der Waals surface area contributed by atoms with Crippen molar-refractivity contribution < 1.29 is 4.74 Å². The lowest BCUT2D eigenvalue weighted by molar-refractivity contribution is 0.414. The van der Waals surface area contributed by atoms with Crippen LogP contribution >= 0.6 is 43.5 Å². The number of methoxy groups -OCH3 is 1. The Bertz CT molecular complexity index is 604. The molecule has 0 bridgehead atoms. The van der Waals surface area contributed by atoms with E-state index in [0.29, 0.717) is 5.02 Å². The molecule has 2 rings (SSSR count). The first kappa shape index (κ1) is 14.9. The summed E-state index contributed by atoms with van der Waals surface area (Å²) in [6, 6.07) is 11.1. The third-order valence-corrected chi connectivity index (χ3v) is 4.36. The molecule has 2 aromatic rings. The Hall–Kier alpha value is -0.550. The van der Waals surface area contributed by atoms with Crippen LogP contribution in [0, 0.1) is 0 Å². The summed E-state index contributed by atoms with van der Waals surface area (Å²) in [5, 5.41) is 0.651. The van der Waals surface area contributed by atoms with E-state index in [4.69, 9.17) is 22.1 Å². The van der Waals surface area contributed by atoms with Gasteiger partial charge in [-0.1, -0.05) is 49.5 Å². The fourth-order valence-electron chi connectivity index (χ4n) is 1.81. The highest BCUT2D eigenvalue weighted by atomic mass is 79.9. The summed E-state index contributed by atoms with van der Waals surface area (Å²) in [6.45, 7) is 0. The number of nitrogens with two attached hydrogens (primary N) is 1. The van der Waals surface area contributed by atoms with Crippen LogP contribution in [0.5, 0.6) is 5.75 Å². The van der Waals surface area contributed by atoms with E-state index in [1.807, 2.05) is 36.4 Å². The molecule has 0 spiro atoms. The molecule has 2 N–H and O–H groups in total. The Kier molecular flexibility index (Phi) is 4.90. The second-order valence-corrected chi connectivity index (χ2v) is 6.21. The number of benzene rings is 2. The van der Waals surface area contributed by atoms with Crippen LogP contribution in [0.3, 0.4) is 0 Å². The van der Waals surface area contributed by atoms with Crippen LogP contribution in [-0.2, 0) is 0 Å². The van der Waals surface area contributed by atoms with Gasteiger partial charge in [-0.25, -0.2) is 0 Å². The molecule has 2 nitrogen and oxygen atoms in total. The van der Waals surface area contributed by atoms with E-state index < -0.39 is 0 Å². The summed E-state index contributed by atoms with van der Waals surface area (Å²) in [5.74, 6) is 0.781. The topological polar surface area (TPSA) is 35.2 Å². The molecule has 0 radical (unpaired) electrons. The number of hydrogen-bond acceptors (Lipinski definition) is 2. The second kappa shape index (κ2) is 6.27. The van der Waals surface area contributed by atoms with Gasteiger partial charge in [-0.3, -0.25) is 0 Å². The van der Waals surface area contributed by atoms with E-state index >= 15 is 0 Å². The molecule has 0 amide bonds. The van der Waals surface area contributed by atoms with Crippen LogP contribution in [0.1, 0.15) is 17.2 Å². The fourth-order valence-corrected chi connectivity index (χ4v) is 3.03. The molecule has 0 heterocycles. The van der Waals surface area contributed by atoms with Crippen molar-refractivity contribution in [2.24, 2.45) is 5.73 Å². The van der Waals surface area contributed by atoms with Gasteiger partial charge < -0.3 is 10.5 Å². The average molecular weight is 406 g/mol. The minimum atomic E-state index is -0.301. The summed E-state index contributed by atoms with van der Waals surface area (Å²) in [5.41, 5.74) is 8.14. The first-order chi connectivity index (χ1) is 9.02. The highest BCUT2D eigenvalue weighted by Crippen LogP contribution is 2.34. The van der Waals surface area contributed by atoms with E-state index in [-0.39, 0.29) is 6.04 Å². The lowest BCUT2D eigenvalue weighted by Crippen LogP contribution is -2.13. The molecule has 0 saturated heterocycles. The van der Waals surface area contributed by atoms with Crippen LogP contribution in [0.15, 0.2) is 45.3 Å². The molecular formula is C14H12Br2ClNO. The lowest BCUT2D eigenvalue weighted by Gasteiger charge is -2.17. The van der Waals surface area contributed by atoms with E-state index in [1.54, 1.807) is 7.11 Å². The van der Waals surface area contributed by atoms with Gasteiger partial charge in [0.15, 0.2) is 0 Å². The summed E-state index contributed by atoms with van der Waals surface area (Å²) in [4.78, 5) is 0. The van der Waals surface area contributed by atoms with Crippen LogP contribution in [0.25, 0.3) is 0 Å². The van der Waals surface area contributed by atoms with Crippen LogP contribution in [0.2, 0.25) is 5.02 Å². The number of rotatable bonds is 3. The first-order valence-electron chi connectivity index (χ1n) is 5.57. The highest BCUT2D eigenvalue weighted by molar-refractivity contribution is 9.10. The summed E-state index contributed by atoms with van der Waals surface area (Å²) >= 11 is 13.2. The number of ether oxygens (including phenoxy) is 1. The van der Waals surface area contributed by atoms with Crippen molar-refractivity contribution in [3.8, 4) is 5.75 Å². The largest absolute Gasteiger partial charge is 0.497 e. The maximum Gasteiger partial charge on any atom is 0.120 e. The van der Waals surface area contributed by atoms with Gasteiger partial charge in [0, 0.05) is 14.0 Å². The maximum atomic E-state index is 6.30.